The van der Waals surface area contributed by atoms with Crippen molar-refractivity contribution in [2.45, 2.75) is 32.0 Å². The number of Topliss-reactive ketones (excluding diaryl/α,β-unsaturated/α-hetero) is 1. The molecule has 1 unspecified atom stereocenters. The molecule has 0 saturated heterocycles. The van der Waals surface area contributed by atoms with Crippen LogP contribution in [0.4, 0.5) is 0 Å². The Morgan fingerprint density at radius 2 is 2.24 bits per heavy atom. The molecule has 0 aromatic carbocycles. The molecular formula is C11H16N2O3S. The van der Waals surface area contributed by atoms with Crippen LogP contribution >= 0.6 is 11.8 Å². The summed E-state index contributed by atoms with van der Waals surface area (Å²) in [6.45, 7) is 5.27. The van der Waals surface area contributed by atoms with Gasteiger partial charge in [0.1, 0.15) is 6.26 Å². The smallest absolute Gasteiger partial charge is 0.256 e. The molecule has 0 aliphatic carbocycles. The zero-order chi connectivity index (χ0) is 12.8. The predicted octanol–water partition coefficient (Wildman–Crippen LogP) is 1.50. The van der Waals surface area contributed by atoms with Crippen LogP contribution in [0.15, 0.2) is 22.1 Å². The van der Waals surface area contributed by atoms with Crippen molar-refractivity contribution >= 4 is 23.5 Å². The van der Waals surface area contributed by atoms with E-state index in [1.54, 1.807) is 0 Å². The summed E-state index contributed by atoms with van der Waals surface area (Å²) in [7, 11) is 0. The van der Waals surface area contributed by atoms with Gasteiger partial charge in [-0.05, 0) is 12.8 Å². The molecule has 94 valence electrons. The summed E-state index contributed by atoms with van der Waals surface area (Å²) >= 11 is 1.20. The maximum atomic E-state index is 11.6. The maximum absolute atomic E-state index is 11.6. The van der Waals surface area contributed by atoms with Crippen molar-refractivity contribution in [2.24, 2.45) is 5.92 Å². The fraction of sp³-hybridized carbons (Fsp3) is 0.545. The van der Waals surface area contributed by atoms with Crippen LogP contribution in [0.5, 0.6) is 0 Å². The molecule has 0 fully saturated rings. The average molecular weight is 256 g/mol. The predicted molar refractivity (Wildman–Crippen MR) is 64.7 cm³/mol. The van der Waals surface area contributed by atoms with Gasteiger partial charge >= 0.3 is 0 Å². The first-order valence-electron chi connectivity index (χ1n) is 5.32. The van der Waals surface area contributed by atoms with Gasteiger partial charge in [-0.15, -0.1) is 0 Å². The number of carbonyl (C=O) groups is 2. The third-order valence-corrected chi connectivity index (χ3v) is 3.01. The van der Waals surface area contributed by atoms with E-state index in [0.717, 1.165) is 0 Å². The number of oxazole rings is 1. The summed E-state index contributed by atoms with van der Waals surface area (Å²) in [5, 5.41) is 3.15. The molecule has 1 amide bonds. The lowest BCUT2D eigenvalue weighted by Gasteiger charge is -2.19. The van der Waals surface area contributed by atoms with Crippen molar-refractivity contribution < 1.29 is 14.0 Å². The van der Waals surface area contributed by atoms with E-state index >= 15 is 0 Å². The van der Waals surface area contributed by atoms with Crippen LogP contribution in [0.1, 0.15) is 20.8 Å². The Morgan fingerprint density at radius 1 is 1.53 bits per heavy atom. The van der Waals surface area contributed by atoms with Crippen molar-refractivity contribution in [1.29, 1.82) is 0 Å². The van der Waals surface area contributed by atoms with Crippen molar-refractivity contribution in [3.63, 3.8) is 0 Å². The number of amides is 1. The van der Waals surface area contributed by atoms with Gasteiger partial charge in [0.25, 0.3) is 5.22 Å². The molecule has 6 heteroatoms. The van der Waals surface area contributed by atoms with Gasteiger partial charge in [0.2, 0.25) is 5.91 Å². The molecule has 0 aliphatic heterocycles. The quantitative estimate of drug-likeness (QED) is 0.781. The van der Waals surface area contributed by atoms with Gasteiger partial charge < -0.3 is 9.73 Å². The summed E-state index contributed by atoms with van der Waals surface area (Å²) in [5.74, 6) is 0.0524. The summed E-state index contributed by atoms with van der Waals surface area (Å²) < 4.78 is 4.99. The van der Waals surface area contributed by atoms with E-state index in [-0.39, 0.29) is 23.4 Å². The Balaban J connectivity index is 2.40. The van der Waals surface area contributed by atoms with Gasteiger partial charge in [-0.1, -0.05) is 25.6 Å². The standard InChI is InChI=1S/C11H16N2O3S/c1-7(2)10(8(3)14)13-9(15)6-17-11-12-4-5-16-11/h4-5,7,10H,6H2,1-3H3,(H,13,15). The van der Waals surface area contributed by atoms with E-state index in [4.69, 9.17) is 4.42 Å². The van der Waals surface area contributed by atoms with Crippen molar-refractivity contribution in [3.05, 3.63) is 12.5 Å². The number of ketones is 1. The van der Waals surface area contributed by atoms with Crippen molar-refractivity contribution in [3.8, 4) is 0 Å². The number of hydrogen-bond acceptors (Lipinski definition) is 5. The van der Waals surface area contributed by atoms with Crippen LogP contribution in [0.2, 0.25) is 0 Å². The highest BCUT2D eigenvalue weighted by atomic mass is 32.2. The molecule has 5 nitrogen and oxygen atoms in total. The molecular weight excluding hydrogens is 240 g/mol. The van der Waals surface area contributed by atoms with Gasteiger partial charge in [-0.2, -0.15) is 0 Å². The molecule has 1 heterocycles. The summed E-state index contributed by atoms with van der Waals surface area (Å²) in [5.41, 5.74) is 0. The maximum Gasteiger partial charge on any atom is 0.256 e. The van der Waals surface area contributed by atoms with Gasteiger partial charge in [0, 0.05) is 0 Å². The number of nitrogens with one attached hydrogen (secondary N) is 1. The zero-order valence-electron chi connectivity index (χ0n) is 10.1. The molecule has 0 aliphatic rings. The number of hydrogen-bond donors (Lipinski definition) is 1. The zero-order valence-corrected chi connectivity index (χ0v) is 10.9. The number of thioether (sulfide) groups is 1. The Bertz CT molecular complexity index is 376. The molecule has 1 atom stereocenters. The van der Waals surface area contributed by atoms with Crippen LogP contribution in [0.3, 0.4) is 0 Å². The number of aromatic nitrogens is 1. The Kier molecular flexibility index (Phi) is 5.21. The number of carbonyl (C=O) groups excluding carboxylic acids is 2. The third-order valence-electron chi connectivity index (χ3n) is 2.16. The van der Waals surface area contributed by atoms with Crippen LogP contribution in [0, 0.1) is 5.92 Å². The first kappa shape index (κ1) is 13.8. The van der Waals surface area contributed by atoms with Crippen LogP contribution in [-0.4, -0.2) is 28.5 Å². The molecule has 1 aromatic rings. The molecule has 1 rings (SSSR count). The molecule has 0 bridgehead atoms. The minimum absolute atomic E-state index is 0.0329. The summed E-state index contributed by atoms with van der Waals surface area (Å²) in [6.07, 6.45) is 2.97. The largest absolute Gasteiger partial charge is 0.440 e. The topological polar surface area (TPSA) is 72.2 Å². The first-order chi connectivity index (χ1) is 8.00. The van der Waals surface area contributed by atoms with Gasteiger partial charge in [0.05, 0.1) is 18.0 Å². The number of rotatable bonds is 6. The Morgan fingerprint density at radius 3 is 2.71 bits per heavy atom. The normalized spacial score (nSPS) is 12.5. The second-order valence-electron chi connectivity index (χ2n) is 3.99. The van der Waals surface area contributed by atoms with Gasteiger partial charge in [-0.3, -0.25) is 9.59 Å². The lowest BCUT2D eigenvalue weighted by atomic mass is 10.0. The highest BCUT2D eigenvalue weighted by molar-refractivity contribution is 7.99. The van der Waals surface area contributed by atoms with Crippen LogP contribution in [-0.2, 0) is 9.59 Å². The minimum atomic E-state index is -0.423. The fourth-order valence-electron chi connectivity index (χ4n) is 1.36. The summed E-state index contributed by atoms with van der Waals surface area (Å²) in [4.78, 5) is 26.8. The fourth-order valence-corrected chi connectivity index (χ4v) is 1.96. The lowest BCUT2D eigenvalue weighted by Crippen LogP contribution is -2.44. The van der Waals surface area contributed by atoms with Crippen molar-refractivity contribution in [2.75, 3.05) is 5.75 Å². The minimum Gasteiger partial charge on any atom is -0.440 e. The Labute approximate surface area is 104 Å². The molecule has 0 radical (unpaired) electrons. The van der Waals surface area contributed by atoms with E-state index < -0.39 is 6.04 Å². The summed E-state index contributed by atoms with van der Waals surface area (Å²) in [6, 6.07) is -0.423. The van der Waals surface area contributed by atoms with E-state index in [9.17, 15) is 9.59 Å². The lowest BCUT2D eigenvalue weighted by molar-refractivity contribution is -0.126. The molecule has 0 saturated carbocycles. The highest BCUT2D eigenvalue weighted by Crippen LogP contribution is 2.14. The van der Waals surface area contributed by atoms with Gasteiger partial charge in [0.15, 0.2) is 5.78 Å². The van der Waals surface area contributed by atoms with E-state index in [2.05, 4.69) is 10.3 Å². The molecule has 17 heavy (non-hydrogen) atoms. The van der Waals surface area contributed by atoms with Gasteiger partial charge in [-0.25, -0.2) is 4.98 Å². The monoisotopic (exact) mass is 256 g/mol. The average Bonchev–Trinajstić information content (AvgIpc) is 2.74. The highest BCUT2D eigenvalue weighted by Gasteiger charge is 2.20. The van der Waals surface area contributed by atoms with E-state index in [0.29, 0.717) is 5.22 Å². The number of nitrogens with zero attached hydrogens (tertiary/aromatic N) is 1. The third kappa shape index (κ3) is 4.60. The van der Waals surface area contributed by atoms with Crippen molar-refractivity contribution in [1.82, 2.24) is 10.3 Å². The van der Waals surface area contributed by atoms with Crippen LogP contribution in [0.25, 0.3) is 0 Å². The Hall–Kier alpha value is -1.30. The van der Waals surface area contributed by atoms with E-state index in [1.807, 2.05) is 13.8 Å². The van der Waals surface area contributed by atoms with Crippen LogP contribution < -0.4 is 5.32 Å². The molecule has 1 aromatic heterocycles. The SMILES string of the molecule is CC(=O)C(NC(=O)CSc1ncco1)C(C)C. The second kappa shape index (κ2) is 6.44. The first-order valence-corrected chi connectivity index (χ1v) is 6.31. The van der Waals surface area contributed by atoms with E-state index in [1.165, 1.54) is 31.1 Å². The second-order valence-corrected chi connectivity index (χ2v) is 4.91. The molecule has 1 N–H and O–H groups in total. The molecule has 0 spiro atoms.